The molecule has 0 bridgehead atoms. The number of carbonyl (C=O) groups is 2. The first-order valence-corrected chi connectivity index (χ1v) is 7.54. The summed E-state index contributed by atoms with van der Waals surface area (Å²) in [6.07, 6.45) is 5.29. The van der Waals surface area contributed by atoms with Gasteiger partial charge in [0.1, 0.15) is 0 Å². The molecule has 0 radical (unpaired) electrons. The minimum Gasteiger partial charge on any atom is -0.353 e. The molecule has 1 aromatic rings. The molecule has 108 valence electrons. The molecule has 20 heavy (non-hydrogen) atoms. The molecule has 0 aliphatic heterocycles. The largest absolute Gasteiger partial charge is 0.353 e. The van der Waals surface area contributed by atoms with Crippen molar-refractivity contribution in [3.05, 3.63) is 35.9 Å². The van der Waals surface area contributed by atoms with Crippen LogP contribution < -0.4 is 5.32 Å². The zero-order valence-corrected chi connectivity index (χ0v) is 12.1. The van der Waals surface area contributed by atoms with E-state index in [9.17, 15) is 9.59 Å². The lowest BCUT2D eigenvalue weighted by atomic mass is 9.86. The van der Waals surface area contributed by atoms with Crippen molar-refractivity contribution in [1.82, 2.24) is 5.32 Å². The van der Waals surface area contributed by atoms with E-state index < -0.39 is 0 Å². The van der Waals surface area contributed by atoms with Crippen LogP contribution in [0.4, 0.5) is 0 Å². The molecule has 3 heteroatoms. The third kappa shape index (κ3) is 4.19. The molecule has 1 N–H and O–H groups in total. The van der Waals surface area contributed by atoms with Gasteiger partial charge >= 0.3 is 0 Å². The third-order valence-electron chi connectivity index (χ3n) is 4.13. The Hall–Kier alpha value is -1.64. The molecule has 2 atom stereocenters. The summed E-state index contributed by atoms with van der Waals surface area (Å²) in [5.74, 6) is 0.600. The van der Waals surface area contributed by atoms with Gasteiger partial charge in [0.05, 0.1) is 0 Å². The summed E-state index contributed by atoms with van der Waals surface area (Å²) in [4.78, 5) is 23.9. The van der Waals surface area contributed by atoms with Gasteiger partial charge in [-0.25, -0.2) is 0 Å². The van der Waals surface area contributed by atoms with Crippen molar-refractivity contribution in [3.63, 3.8) is 0 Å². The predicted octanol–water partition coefficient (Wildman–Crippen LogP) is 3.34. The summed E-state index contributed by atoms with van der Waals surface area (Å²) in [5.41, 5.74) is 0.686. The smallest absolute Gasteiger partial charge is 0.220 e. The fourth-order valence-corrected chi connectivity index (χ4v) is 2.81. The van der Waals surface area contributed by atoms with E-state index in [0.29, 0.717) is 17.5 Å². The predicted molar refractivity (Wildman–Crippen MR) is 79.6 cm³/mol. The van der Waals surface area contributed by atoms with Crippen molar-refractivity contribution in [2.75, 3.05) is 0 Å². The highest BCUT2D eigenvalue weighted by molar-refractivity contribution is 5.97. The molecule has 0 heterocycles. The first-order chi connectivity index (χ1) is 9.66. The van der Waals surface area contributed by atoms with Gasteiger partial charge < -0.3 is 5.32 Å². The Labute approximate surface area is 120 Å². The number of nitrogens with one attached hydrogen (secondary N) is 1. The van der Waals surface area contributed by atoms with Crippen LogP contribution in [0.1, 0.15) is 55.8 Å². The fourth-order valence-electron chi connectivity index (χ4n) is 2.81. The number of ketones is 1. The van der Waals surface area contributed by atoms with Gasteiger partial charge in [0, 0.05) is 24.4 Å². The molecule has 1 aromatic carbocycles. The van der Waals surface area contributed by atoms with Gasteiger partial charge in [0.15, 0.2) is 5.78 Å². The number of Topliss-reactive ketones (excluding diaryl/α,β-unsaturated/α-hetero) is 1. The van der Waals surface area contributed by atoms with Crippen LogP contribution >= 0.6 is 0 Å². The minimum atomic E-state index is 0.00744. The Kier molecular flexibility index (Phi) is 5.33. The summed E-state index contributed by atoms with van der Waals surface area (Å²) >= 11 is 0. The van der Waals surface area contributed by atoms with Gasteiger partial charge in [-0.15, -0.1) is 0 Å². The van der Waals surface area contributed by atoms with E-state index in [1.165, 1.54) is 19.3 Å². The van der Waals surface area contributed by atoms with Crippen molar-refractivity contribution in [1.29, 1.82) is 0 Å². The molecular formula is C17H23NO2. The van der Waals surface area contributed by atoms with Crippen molar-refractivity contribution in [2.45, 2.75) is 51.5 Å². The number of rotatable bonds is 5. The lowest BCUT2D eigenvalue weighted by Gasteiger charge is -2.29. The Morgan fingerprint density at radius 2 is 1.80 bits per heavy atom. The summed E-state index contributed by atoms with van der Waals surface area (Å²) < 4.78 is 0. The second kappa shape index (κ2) is 7.22. The molecule has 1 fully saturated rings. The number of hydrogen-bond acceptors (Lipinski definition) is 2. The van der Waals surface area contributed by atoms with E-state index in [2.05, 4.69) is 12.2 Å². The molecule has 0 aromatic heterocycles. The van der Waals surface area contributed by atoms with Gasteiger partial charge in [-0.2, -0.15) is 0 Å². The van der Waals surface area contributed by atoms with Gasteiger partial charge in [0.25, 0.3) is 0 Å². The Bertz CT molecular complexity index is 455. The van der Waals surface area contributed by atoms with Crippen LogP contribution in [0.2, 0.25) is 0 Å². The van der Waals surface area contributed by atoms with E-state index in [1.807, 2.05) is 18.2 Å². The quantitative estimate of drug-likeness (QED) is 0.836. The van der Waals surface area contributed by atoms with E-state index in [4.69, 9.17) is 0 Å². The molecule has 3 nitrogen and oxygen atoms in total. The van der Waals surface area contributed by atoms with E-state index in [0.717, 1.165) is 6.42 Å². The van der Waals surface area contributed by atoms with Crippen LogP contribution in [0.3, 0.4) is 0 Å². The molecule has 0 saturated heterocycles. The number of amides is 1. The molecular weight excluding hydrogens is 250 g/mol. The molecule has 1 aliphatic rings. The summed E-state index contributed by atoms with van der Waals surface area (Å²) in [5, 5.41) is 3.08. The summed E-state index contributed by atoms with van der Waals surface area (Å²) in [6, 6.07) is 9.46. The third-order valence-corrected chi connectivity index (χ3v) is 4.13. The van der Waals surface area contributed by atoms with E-state index in [-0.39, 0.29) is 24.5 Å². The Morgan fingerprint density at radius 1 is 1.10 bits per heavy atom. The van der Waals surface area contributed by atoms with Gasteiger partial charge in [-0.1, -0.05) is 50.1 Å². The maximum atomic E-state index is 11.9. The van der Waals surface area contributed by atoms with Crippen LogP contribution in [-0.4, -0.2) is 17.7 Å². The zero-order valence-electron chi connectivity index (χ0n) is 12.1. The number of carbonyl (C=O) groups excluding carboxylic acids is 2. The van der Waals surface area contributed by atoms with E-state index >= 15 is 0 Å². The van der Waals surface area contributed by atoms with Crippen LogP contribution in [0.5, 0.6) is 0 Å². The normalized spacial score (nSPS) is 22.2. The molecule has 2 unspecified atom stereocenters. The second-order valence-electron chi connectivity index (χ2n) is 5.72. The first-order valence-electron chi connectivity index (χ1n) is 7.54. The molecule has 1 amide bonds. The maximum absolute atomic E-state index is 11.9. The van der Waals surface area contributed by atoms with Crippen LogP contribution in [0.15, 0.2) is 30.3 Å². The Morgan fingerprint density at radius 3 is 2.50 bits per heavy atom. The van der Waals surface area contributed by atoms with Crippen molar-refractivity contribution < 1.29 is 9.59 Å². The minimum absolute atomic E-state index is 0.00744. The highest BCUT2D eigenvalue weighted by atomic mass is 16.2. The fraction of sp³-hybridized carbons (Fsp3) is 0.529. The number of benzene rings is 1. The highest BCUT2D eigenvalue weighted by Gasteiger charge is 2.22. The summed E-state index contributed by atoms with van der Waals surface area (Å²) in [7, 11) is 0. The highest BCUT2D eigenvalue weighted by Crippen LogP contribution is 2.23. The molecule has 2 rings (SSSR count). The van der Waals surface area contributed by atoms with Gasteiger partial charge in [0.2, 0.25) is 5.91 Å². The first kappa shape index (κ1) is 14.8. The zero-order chi connectivity index (χ0) is 14.4. The topological polar surface area (TPSA) is 46.2 Å². The van der Waals surface area contributed by atoms with Crippen LogP contribution in [0.25, 0.3) is 0 Å². The van der Waals surface area contributed by atoms with Gasteiger partial charge in [-0.05, 0) is 18.8 Å². The standard InChI is InChI=1S/C17H23NO2/c1-13-7-5-6-10-15(13)18-17(20)12-11-16(19)14-8-3-2-4-9-14/h2-4,8-9,13,15H,5-7,10-12H2,1H3,(H,18,20). The Balaban J connectivity index is 1.76. The van der Waals surface area contributed by atoms with Gasteiger partial charge in [-0.3, -0.25) is 9.59 Å². The number of hydrogen-bond donors (Lipinski definition) is 1. The molecule has 0 spiro atoms. The van der Waals surface area contributed by atoms with Crippen LogP contribution in [-0.2, 0) is 4.79 Å². The van der Waals surface area contributed by atoms with Crippen LogP contribution in [0, 0.1) is 5.92 Å². The maximum Gasteiger partial charge on any atom is 0.220 e. The van der Waals surface area contributed by atoms with Crippen molar-refractivity contribution in [2.24, 2.45) is 5.92 Å². The lowest BCUT2D eigenvalue weighted by molar-refractivity contribution is -0.122. The van der Waals surface area contributed by atoms with Crippen molar-refractivity contribution in [3.8, 4) is 0 Å². The average molecular weight is 273 g/mol. The van der Waals surface area contributed by atoms with E-state index in [1.54, 1.807) is 12.1 Å². The summed E-state index contributed by atoms with van der Waals surface area (Å²) in [6.45, 7) is 2.19. The second-order valence-corrected chi connectivity index (χ2v) is 5.72. The van der Waals surface area contributed by atoms with Crippen molar-refractivity contribution >= 4 is 11.7 Å². The lowest BCUT2D eigenvalue weighted by Crippen LogP contribution is -2.41. The average Bonchev–Trinajstić information content (AvgIpc) is 2.48. The molecule has 1 saturated carbocycles. The SMILES string of the molecule is CC1CCCCC1NC(=O)CCC(=O)c1ccccc1. The molecule has 1 aliphatic carbocycles. The monoisotopic (exact) mass is 273 g/mol.